The smallest absolute Gasteiger partial charge is 0.191 e. The Hall–Kier alpha value is -0.530. The van der Waals surface area contributed by atoms with Gasteiger partial charge >= 0.3 is 0 Å². The second kappa shape index (κ2) is 11.1. The van der Waals surface area contributed by atoms with Crippen molar-refractivity contribution in [3.63, 3.8) is 0 Å². The van der Waals surface area contributed by atoms with E-state index in [1.165, 1.54) is 0 Å². The predicted octanol–water partition coefficient (Wildman–Crippen LogP) is 3.35. The molecule has 0 saturated carbocycles. The Morgan fingerprint density at radius 1 is 1.33 bits per heavy atom. The normalized spacial score (nSPS) is 14.0. The van der Waals surface area contributed by atoms with Gasteiger partial charge in [-0.05, 0) is 26.3 Å². The van der Waals surface area contributed by atoms with Crippen LogP contribution >= 0.6 is 35.6 Å². The third-order valence-electron chi connectivity index (χ3n) is 3.03. The summed E-state index contributed by atoms with van der Waals surface area (Å²) in [7, 11) is 0. The number of benzene rings is 1. The van der Waals surface area contributed by atoms with Crippen LogP contribution in [0.4, 0.5) is 0 Å². The molecule has 0 saturated heterocycles. The first-order valence-corrected chi connectivity index (χ1v) is 7.43. The maximum Gasteiger partial charge on any atom is 0.191 e. The Kier molecular flexibility index (Phi) is 10.8. The Bertz CT molecular complexity index is 443. The highest BCUT2D eigenvalue weighted by molar-refractivity contribution is 14.0. The maximum atomic E-state index is 10.2. The fourth-order valence-electron chi connectivity index (χ4n) is 1.68. The third kappa shape index (κ3) is 7.33. The lowest BCUT2D eigenvalue weighted by molar-refractivity contribution is 0.187. The summed E-state index contributed by atoms with van der Waals surface area (Å²) < 4.78 is 0. The minimum absolute atomic E-state index is 0. The molecule has 0 fully saturated rings. The SMILES string of the molecule is CCNC(=NCC(O)c1ccccc1Cl)NC(C)CC.I. The highest BCUT2D eigenvalue weighted by Crippen LogP contribution is 2.22. The molecular weight excluding hydrogens is 401 g/mol. The number of aliphatic hydroxyl groups excluding tert-OH is 1. The first-order valence-electron chi connectivity index (χ1n) is 7.05. The number of rotatable bonds is 6. The third-order valence-corrected chi connectivity index (χ3v) is 3.37. The van der Waals surface area contributed by atoms with Gasteiger partial charge in [-0.1, -0.05) is 36.7 Å². The minimum Gasteiger partial charge on any atom is -0.386 e. The Labute approximate surface area is 149 Å². The number of halogens is 2. The lowest BCUT2D eigenvalue weighted by atomic mass is 10.1. The molecular formula is C15H25ClIN3O. The average molecular weight is 426 g/mol. The zero-order valence-electron chi connectivity index (χ0n) is 12.8. The molecule has 0 amide bonds. The van der Waals surface area contributed by atoms with Gasteiger partial charge in [0.1, 0.15) is 6.10 Å². The molecule has 1 rings (SSSR count). The van der Waals surface area contributed by atoms with Gasteiger partial charge in [0.15, 0.2) is 5.96 Å². The van der Waals surface area contributed by atoms with Gasteiger partial charge in [-0.3, -0.25) is 4.99 Å². The summed E-state index contributed by atoms with van der Waals surface area (Å²) in [5, 5.41) is 17.2. The molecule has 21 heavy (non-hydrogen) atoms. The summed E-state index contributed by atoms with van der Waals surface area (Å²) in [6, 6.07) is 7.63. The fourth-order valence-corrected chi connectivity index (χ4v) is 1.94. The second-order valence-corrected chi connectivity index (χ2v) is 5.12. The molecule has 3 N–H and O–H groups in total. The molecule has 0 radical (unpaired) electrons. The van der Waals surface area contributed by atoms with Crippen molar-refractivity contribution in [1.82, 2.24) is 10.6 Å². The van der Waals surface area contributed by atoms with E-state index in [-0.39, 0.29) is 30.5 Å². The van der Waals surface area contributed by atoms with Crippen molar-refractivity contribution < 1.29 is 5.11 Å². The lowest BCUT2D eigenvalue weighted by Gasteiger charge is -2.17. The first kappa shape index (κ1) is 20.5. The van der Waals surface area contributed by atoms with E-state index < -0.39 is 6.10 Å². The van der Waals surface area contributed by atoms with Crippen molar-refractivity contribution in [3.05, 3.63) is 34.9 Å². The number of nitrogens with zero attached hydrogens (tertiary/aromatic N) is 1. The van der Waals surface area contributed by atoms with E-state index in [9.17, 15) is 5.11 Å². The molecule has 1 aromatic rings. The highest BCUT2D eigenvalue weighted by atomic mass is 127. The second-order valence-electron chi connectivity index (χ2n) is 4.71. The van der Waals surface area contributed by atoms with Gasteiger partial charge in [0, 0.05) is 23.2 Å². The fraction of sp³-hybridized carbons (Fsp3) is 0.533. The van der Waals surface area contributed by atoms with Gasteiger partial charge in [0.25, 0.3) is 0 Å². The number of aliphatic hydroxyl groups is 1. The summed E-state index contributed by atoms with van der Waals surface area (Å²) in [5.41, 5.74) is 0.706. The van der Waals surface area contributed by atoms with E-state index in [0.29, 0.717) is 22.6 Å². The molecule has 4 nitrogen and oxygen atoms in total. The molecule has 120 valence electrons. The van der Waals surface area contributed by atoms with Gasteiger partial charge in [-0.15, -0.1) is 24.0 Å². The molecule has 0 aliphatic carbocycles. The van der Waals surface area contributed by atoms with Crippen molar-refractivity contribution in [2.75, 3.05) is 13.1 Å². The molecule has 0 bridgehead atoms. The largest absolute Gasteiger partial charge is 0.386 e. The molecule has 0 aliphatic rings. The molecule has 2 atom stereocenters. The van der Waals surface area contributed by atoms with Crippen LogP contribution in [0.25, 0.3) is 0 Å². The molecule has 6 heteroatoms. The number of aliphatic imine (C=N–C) groups is 1. The molecule has 0 heterocycles. The lowest BCUT2D eigenvalue weighted by Crippen LogP contribution is -2.42. The minimum atomic E-state index is -0.698. The summed E-state index contributed by atoms with van der Waals surface area (Å²) in [6.07, 6.45) is 0.313. The van der Waals surface area contributed by atoms with E-state index in [4.69, 9.17) is 11.6 Å². The van der Waals surface area contributed by atoms with Crippen LogP contribution in [-0.4, -0.2) is 30.2 Å². The van der Waals surface area contributed by atoms with Crippen LogP contribution in [-0.2, 0) is 0 Å². The van der Waals surface area contributed by atoms with Crippen molar-refractivity contribution in [2.24, 2.45) is 4.99 Å². The Balaban J connectivity index is 0.00000400. The monoisotopic (exact) mass is 425 g/mol. The quantitative estimate of drug-likeness (QED) is 0.372. The van der Waals surface area contributed by atoms with Crippen LogP contribution in [0.3, 0.4) is 0 Å². The van der Waals surface area contributed by atoms with Crippen LogP contribution in [0.15, 0.2) is 29.3 Å². The maximum absolute atomic E-state index is 10.2. The van der Waals surface area contributed by atoms with E-state index >= 15 is 0 Å². The molecule has 0 aromatic heterocycles. The number of hydrogen-bond acceptors (Lipinski definition) is 2. The summed E-state index contributed by atoms with van der Waals surface area (Å²) in [6.45, 7) is 7.27. The van der Waals surface area contributed by atoms with E-state index in [1.54, 1.807) is 6.07 Å². The summed E-state index contributed by atoms with van der Waals surface area (Å²) in [4.78, 5) is 4.40. The average Bonchev–Trinajstić information content (AvgIpc) is 2.45. The number of nitrogens with one attached hydrogen (secondary N) is 2. The van der Waals surface area contributed by atoms with Crippen LogP contribution in [0, 0.1) is 0 Å². The standard InChI is InChI=1S/C15H24ClN3O.HI/c1-4-11(3)19-15(17-5-2)18-10-14(20)12-8-6-7-9-13(12)16;/h6-9,11,14,20H,4-5,10H2,1-3H3,(H2,17,18,19);1H. The van der Waals surface area contributed by atoms with Gasteiger partial charge in [-0.2, -0.15) is 0 Å². The van der Waals surface area contributed by atoms with E-state index in [0.717, 1.165) is 13.0 Å². The first-order chi connectivity index (χ1) is 9.58. The molecule has 0 aliphatic heterocycles. The molecule has 1 aromatic carbocycles. The van der Waals surface area contributed by atoms with Crippen LogP contribution < -0.4 is 10.6 Å². The van der Waals surface area contributed by atoms with Crippen molar-refractivity contribution in [1.29, 1.82) is 0 Å². The Morgan fingerprint density at radius 2 is 2.00 bits per heavy atom. The van der Waals surface area contributed by atoms with Crippen molar-refractivity contribution in [3.8, 4) is 0 Å². The van der Waals surface area contributed by atoms with E-state index in [1.807, 2.05) is 25.1 Å². The summed E-state index contributed by atoms with van der Waals surface area (Å²) in [5.74, 6) is 0.716. The van der Waals surface area contributed by atoms with Crippen LogP contribution in [0.2, 0.25) is 5.02 Å². The summed E-state index contributed by atoms with van der Waals surface area (Å²) >= 11 is 6.06. The van der Waals surface area contributed by atoms with Crippen LogP contribution in [0.1, 0.15) is 38.9 Å². The number of guanidine groups is 1. The van der Waals surface area contributed by atoms with E-state index in [2.05, 4.69) is 29.5 Å². The Morgan fingerprint density at radius 3 is 2.57 bits per heavy atom. The molecule has 0 spiro atoms. The topological polar surface area (TPSA) is 56.7 Å². The predicted molar refractivity (Wildman–Crippen MR) is 101 cm³/mol. The molecule has 2 unspecified atom stereocenters. The van der Waals surface area contributed by atoms with Crippen molar-refractivity contribution >= 4 is 41.5 Å². The van der Waals surface area contributed by atoms with Crippen molar-refractivity contribution in [2.45, 2.75) is 39.3 Å². The van der Waals surface area contributed by atoms with Gasteiger partial charge in [-0.25, -0.2) is 0 Å². The van der Waals surface area contributed by atoms with Gasteiger partial charge < -0.3 is 15.7 Å². The number of hydrogen-bond donors (Lipinski definition) is 3. The van der Waals surface area contributed by atoms with Crippen LogP contribution in [0.5, 0.6) is 0 Å². The zero-order valence-corrected chi connectivity index (χ0v) is 15.9. The zero-order chi connectivity index (χ0) is 15.0. The highest BCUT2D eigenvalue weighted by Gasteiger charge is 2.11. The van der Waals surface area contributed by atoms with Gasteiger partial charge in [0.2, 0.25) is 0 Å². The van der Waals surface area contributed by atoms with Gasteiger partial charge in [0.05, 0.1) is 6.54 Å².